The maximum atomic E-state index is 5.44. The molecule has 0 saturated heterocycles. The maximum Gasteiger partial charge on any atom is 0.203 e. The van der Waals surface area contributed by atoms with Gasteiger partial charge >= 0.3 is 0 Å². The van der Waals surface area contributed by atoms with E-state index in [2.05, 4.69) is 48.2 Å². The highest BCUT2D eigenvalue weighted by atomic mass is 35.5. The highest BCUT2D eigenvalue weighted by molar-refractivity contribution is 5.85. The number of allylic oxidation sites excluding steroid dienone is 2. The lowest BCUT2D eigenvalue weighted by Crippen LogP contribution is -2.31. The first-order valence-corrected chi connectivity index (χ1v) is 13.7. The van der Waals surface area contributed by atoms with Crippen molar-refractivity contribution in [3.63, 3.8) is 0 Å². The Balaban J connectivity index is 0.00000840. The molecule has 0 bridgehead atoms. The summed E-state index contributed by atoms with van der Waals surface area (Å²) in [5.41, 5.74) is 2.06. The number of rotatable bonds is 19. The highest BCUT2D eigenvalue weighted by Crippen LogP contribution is 2.39. The molecule has 0 aliphatic heterocycles. The van der Waals surface area contributed by atoms with E-state index >= 15 is 0 Å². The fourth-order valence-corrected chi connectivity index (χ4v) is 4.36. The van der Waals surface area contributed by atoms with E-state index in [1.54, 1.807) is 42.7 Å². The molecule has 0 heterocycles. The Labute approximate surface area is 265 Å². The number of nitrogens with zero attached hydrogens (tertiary/aromatic N) is 2. The minimum absolute atomic E-state index is 0. The molecule has 0 fully saturated rings. The van der Waals surface area contributed by atoms with E-state index < -0.39 is 0 Å². The molecule has 0 aliphatic carbocycles. The highest BCUT2D eigenvalue weighted by Gasteiger charge is 2.13. The molecule has 0 aromatic heterocycles. The van der Waals surface area contributed by atoms with Crippen LogP contribution in [0.2, 0.25) is 0 Å². The zero-order valence-corrected chi connectivity index (χ0v) is 28.1. The lowest BCUT2D eigenvalue weighted by Gasteiger charge is -2.21. The van der Waals surface area contributed by atoms with E-state index in [1.807, 2.05) is 24.3 Å². The molecule has 0 N–H and O–H groups in total. The molecular weight excluding hydrogens is 579 g/mol. The lowest BCUT2D eigenvalue weighted by molar-refractivity contribution is 0.254. The quantitative estimate of drug-likeness (QED) is 0.159. The largest absolute Gasteiger partial charge is 0.493 e. The summed E-state index contributed by atoms with van der Waals surface area (Å²) in [5, 5.41) is 0. The number of unbranched alkanes of at least 4 members (excludes halogenated alkanes) is 2. The fraction of sp³-hybridized carbons (Fsp3) is 0.500. The molecule has 238 valence electrons. The van der Waals surface area contributed by atoms with Gasteiger partial charge in [-0.25, -0.2) is 0 Å². The number of likely N-dealkylation sites (N-methyl/N-ethyl adjacent to an activating group) is 2. The Hall–Kier alpha value is -2.78. The van der Waals surface area contributed by atoms with Crippen LogP contribution in [0.3, 0.4) is 0 Å². The van der Waals surface area contributed by atoms with Gasteiger partial charge < -0.3 is 38.2 Å². The van der Waals surface area contributed by atoms with Crippen molar-refractivity contribution in [2.75, 3.05) is 82.9 Å². The van der Waals surface area contributed by atoms with Gasteiger partial charge in [-0.1, -0.05) is 24.3 Å². The smallest absolute Gasteiger partial charge is 0.203 e. The van der Waals surface area contributed by atoms with Crippen molar-refractivity contribution in [2.45, 2.75) is 25.7 Å². The fourth-order valence-electron chi connectivity index (χ4n) is 4.36. The molecule has 8 nitrogen and oxygen atoms in total. The van der Waals surface area contributed by atoms with Gasteiger partial charge in [0.2, 0.25) is 11.5 Å². The number of hydrogen-bond acceptors (Lipinski definition) is 8. The second-order valence-corrected chi connectivity index (χ2v) is 9.61. The van der Waals surface area contributed by atoms with E-state index in [4.69, 9.17) is 28.4 Å². The van der Waals surface area contributed by atoms with Crippen molar-refractivity contribution in [1.82, 2.24) is 9.80 Å². The van der Waals surface area contributed by atoms with Crippen molar-refractivity contribution in [3.8, 4) is 34.5 Å². The first kappa shape index (κ1) is 39.2. The van der Waals surface area contributed by atoms with Crippen LogP contribution in [0.1, 0.15) is 36.8 Å². The zero-order valence-electron chi connectivity index (χ0n) is 26.4. The third-order valence-corrected chi connectivity index (χ3v) is 6.68. The summed E-state index contributed by atoms with van der Waals surface area (Å²) in [7, 11) is 14.1. The third kappa shape index (κ3) is 12.6. The minimum Gasteiger partial charge on any atom is -0.493 e. The molecule has 0 saturated carbocycles. The molecule has 0 aliphatic rings. The summed E-state index contributed by atoms with van der Waals surface area (Å²) in [5.74, 6) is 3.89. The van der Waals surface area contributed by atoms with E-state index in [1.165, 1.54) is 0 Å². The molecule has 42 heavy (non-hydrogen) atoms. The summed E-state index contributed by atoms with van der Waals surface area (Å²) >= 11 is 0. The van der Waals surface area contributed by atoms with Crippen LogP contribution in [-0.2, 0) is 0 Å². The summed E-state index contributed by atoms with van der Waals surface area (Å²) in [6, 6.07) is 7.85. The molecule has 0 radical (unpaired) electrons. The van der Waals surface area contributed by atoms with Crippen LogP contribution in [0, 0.1) is 0 Å². The van der Waals surface area contributed by atoms with Gasteiger partial charge in [0.1, 0.15) is 0 Å². The monoisotopic (exact) mass is 628 g/mol. The SMILES string of the molecule is COc1cc(/C=C/CCCN(C)CCN(C)CCC/C=C/c2cc(OC)c(OC)c(OC)c2)cc(OC)c1OC.Cl.Cl. The summed E-state index contributed by atoms with van der Waals surface area (Å²) in [6.07, 6.45) is 12.8. The van der Waals surface area contributed by atoms with Crippen LogP contribution in [0.15, 0.2) is 36.4 Å². The molecular formula is C32H50Cl2N2O6. The maximum absolute atomic E-state index is 5.44. The number of benzene rings is 2. The van der Waals surface area contributed by atoms with Crippen molar-refractivity contribution >= 4 is 37.0 Å². The van der Waals surface area contributed by atoms with Gasteiger partial charge in [-0.05, 0) is 88.3 Å². The predicted octanol–water partition coefficient (Wildman–Crippen LogP) is 6.73. The third-order valence-electron chi connectivity index (χ3n) is 6.68. The Morgan fingerprint density at radius 2 is 0.810 bits per heavy atom. The minimum atomic E-state index is 0. The van der Waals surface area contributed by atoms with Crippen molar-refractivity contribution in [2.24, 2.45) is 0 Å². The number of methoxy groups -OCH3 is 6. The summed E-state index contributed by atoms with van der Waals surface area (Å²) < 4.78 is 32.5. The van der Waals surface area contributed by atoms with E-state index in [9.17, 15) is 0 Å². The predicted molar refractivity (Wildman–Crippen MR) is 178 cm³/mol. The molecule has 0 atom stereocenters. The van der Waals surface area contributed by atoms with Crippen LogP contribution in [-0.4, -0.2) is 92.7 Å². The summed E-state index contributed by atoms with van der Waals surface area (Å²) in [6.45, 7) is 4.22. The first-order valence-electron chi connectivity index (χ1n) is 13.7. The van der Waals surface area contributed by atoms with E-state index in [0.29, 0.717) is 34.5 Å². The van der Waals surface area contributed by atoms with Crippen LogP contribution < -0.4 is 28.4 Å². The second kappa shape index (κ2) is 21.9. The molecule has 0 unspecified atom stereocenters. The first-order chi connectivity index (χ1) is 19.4. The standard InChI is InChI=1S/C32H48N2O6.2ClH/c1-33(17-13-9-11-15-25-21-27(35-3)31(39-7)28(22-25)36-4)19-20-34(2)18-14-10-12-16-26-23-29(37-5)32(40-8)30(24-26)38-6;;/h11-12,15-16,21-24H,9-10,13-14,17-20H2,1-8H3;2*1H/b15-11+,16-12+;;. The van der Waals surface area contributed by atoms with Crippen LogP contribution in [0.5, 0.6) is 34.5 Å². The average Bonchev–Trinajstić information content (AvgIpc) is 2.98. The van der Waals surface area contributed by atoms with E-state index in [-0.39, 0.29) is 24.8 Å². The van der Waals surface area contributed by atoms with Crippen LogP contribution in [0.25, 0.3) is 12.2 Å². The molecule has 2 aromatic rings. The van der Waals surface area contributed by atoms with Gasteiger partial charge in [0.25, 0.3) is 0 Å². The number of hydrogen-bond donors (Lipinski definition) is 0. The number of ether oxygens (including phenoxy) is 6. The number of halogens is 2. The van der Waals surface area contributed by atoms with Crippen LogP contribution in [0.4, 0.5) is 0 Å². The van der Waals surface area contributed by atoms with Gasteiger partial charge in [0.15, 0.2) is 23.0 Å². The Morgan fingerprint density at radius 1 is 0.500 bits per heavy atom. The summed E-state index contributed by atoms with van der Waals surface area (Å²) in [4.78, 5) is 4.79. The average molecular weight is 630 g/mol. The zero-order chi connectivity index (χ0) is 29.3. The Morgan fingerprint density at radius 3 is 1.07 bits per heavy atom. The van der Waals surface area contributed by atoms with Gasteiger partial charge in [0.05, 0.1) is 42.7 Å². The Bertz CT molecular complexity index is 961. The molecule has 10 heteroatoms. The van der Waals surface area contributed by atoms with E-state index in [0.717, 1.165) is 63.0 Å². The normalized spacial score (nSPS) is 11.0. The molecule has 2 rings (SSSR count). The van der Waals surface area contributed by atoms with Crippen molar-refractivity contribution < 1.29 is 28.4 Å². The van der Waals surface area contributed by atoms with Gasteiger partial charge in [-0.3, -0.25) is 0 Å². The second-order valence-electron chi connectivity index (χ2n) is 9.61. The van der Waals surface area contributed by atoms with Gasteiger partial charge in [-0.15, -0.1) is 24.8 Å². The molecule has 2 aromatic carbocycles. The van der Waals surface area contributed by atoms with Crippen molar-refractivity contribution in [1.29, 1.82) is 0 Å². The van der Waals surface area contributed by atoms with Crippen LogP contribution >= 0.6 is 24.8 Å². The van der Waals surface area contributed by atoms with Crippen molar-refractivity contribution in [3.05, 3.63) is 47.5 Å². The Kier molecular flexibility index (Phi) is 20.4. The molecule has 0 amide bonds. The lowest BCUT2D eigenvalue weighted by atomic mass is 10.1. The van der Waals surface area contributed by atoms with Gasteiger partial charge in [-0.2, -0.15) is 0 Å². The van der Waals surface area contributed by atoms with Gasteiger partial charge in [0, 0.05) is 13.1 Å². The topological polar surface area (TPSA) is 61.9 Å². The molecule has 0 spiro atoms.